The molecule has 0 radical (unpaired) electrons. The van der Waals surface area contributed by atoms with Gasteiger partial charge in [0.1, 0.15) is 11.4 Å². The number of amides is 2. The molecule has 2 aromatic rings. The molecule has 2 amide bonds. The van der Waals surface area contributed by atoms with E-state index in [1.54, 1.807) is 6.08 Å². The third kappa shape index (κ3) is 5.63. The Balaban J connectivity index is 1.94. The van der Waals surface area contributed by atoms with Crippen molar-refractivity contribution < 1.29 is 27.2 Å². The SMILES string of the molecule is CN(C)C/C=C/C(=O)Nc1ccc(N2C(=S)N(c3ccc(C#N)c(C(F)(F)F)c3)C(=O)C2(C)C)cc1F. The second-order valence-corrected chi connectivity index (χ2v) is 9.34. The van der Waals surface area contributed by atoms with Crippen LogP contribution >= 0.6 is 12.2 Å². The number of benzene rings is 2. The monoisotopic (exact) mass is 533 g/mol. The lowest BCUT2D eigenvalue weighted by atomic mass is 10.0. The summed E-state index contributed by atoms with van der Waals surface area (Å²) in [5, 5.41) is 11.3. The summed E-state index contributed by atoms with van der Waals surface area (Å²) in [6.07, 6.45) is -1.94. The highest BCUT2D eigenvalue weighted by Crippen LogP contribution is 2.40. The zero-order chi connectivity index (χ0) is 27.7. The average Bonchev–Trinajstić information content (AvgIpc) is 2.97. The van der Waals surface area contributed by atoms with Crippen LogP contribution in [0.1, 0.15) is 25.0 Å². The van der Waals surface area contributed by atoms with E-state index in [0.717, 1.165) is 17.0 Å². The van der Waals surface area contributed by atoms with Crippen LogP contribution in [0.2, 0.25) is 0 Å². The first-order valence-electron chi connectivity index (χ1n) is 10.9. The van der Waals surface area contributed by atoms with Crippen molar-refractivity contribution in [3.05, 3.63) is 65.5 Å². The first-order valence-corrected chi connectivity index (χ1v) is 11.3. The van der Waals surface area contributed by atoms with E-state index in [-0.39, 0.29) is 22.2 Å². The summed E-state index contributed by atoms with van der Waals surface area (Å²) >= 11 is 5.44. The van der Waals surface area contributed by atoms with Gasteiger partial charge in [-0.15, -0.1) is 0 Å². The first kappa shape index (κ1) is 27.8. The molecular formula is C25H23F4N5O2S. The number of nitrogens with zero attached hydrogens (tertiary/aromatic N) is 4. The van der Waals surface area contributed by atoms with Crippen LogP contribution in [0.5, 0.6) is 0 Å². The number of carbonyl (C=O) groups excluding carboxylic acids is 2. The minimum atomic E-state index is -4.83. The summed E-state index contributed by atoms with van der Waals surface area (Å²) in [4.78, 5) is 29.4. The van der Waals surface area contributed by atoms with Gasteiger partial charge in [0, 0.05) is 18.3 Å². The molecule has 1 aliphatic rings. The number of hydrogen-bond donors (Lipinski definition) is 1. The molecule has 0 saturated carbocycles. The van der Waals surface area contributed by atoms with Gasteiger partial charge in [0.25, 0.3) is 5.91 Å². The summed E-state index contributed by atoms with van der Waals surface area (Å²) in [6.45, 7) is 3.52. The number of nitrogens with one attached hydrogen (secondary N) is 1. The Morgan fingerprint density at radius 2 is 1.84 bits per heavy atom. The Morgan fingerprint density at radius 1 is 1.19 bits per heavy atom. The predicted molar refractivity (Wildman–Crippen MR) is 136 cm³/mol. The van der Waals surface area contributed by atoms with Crippen molar-refractivity contribution in [2.75, 3.05) is 35.8 Å². The van der Waals surface area contributed by atoms with Crippen molar-refractivity contribution in [2.24, 2.45) is 0 Å². The molecule has 1 fully saturated rings. The van der Waals surface area contributed by atoms with E-state index in [4.69, 9.17) is 17.5 Å². The maximum atomic E-state index is 14.9. The largest absolute Gasteiger partial charge is 0.417 e. The van der Waals surface area contributed by atoms with E-state index in [2.05, 4.69) is 5.32 Å². The van der Waals surface area contributed by atoms with Gasteiger partial charge in [-0.2, -0.15) is 18.4 Å². The Hall–Kier alpha value is -3.82. The molecule has 1 heterocycles. The number of carbonyl (C=O) groups is 2. The molecule has 3 rings (SSSR count). The minimum Gasteiger partial charge on any atom is -0.320 e. The fourth-order valence-electron chi connectivity index (χ4n) is 3.75. The molecule has 1 saturated heterocycles. The average molecular weight is 534 g/mol. The van der Waals surface area contributed by atoms with Gasteiger partial charge in [0.2, 0.25) is 5.91 Å². The number of alkyl halides is 3. The van der Waals surface area contributed by atoms with Crippen LogP contribution in [0.3, 0.4) is 0 Å². The Morgan fingerprint density at radius 3 is 2.41 bits per heavy atom. The zero-order valence-electron chi connectivity index (χ0n) is 20.4. The minimum absolute atomic E-state index is 0.101. The van der Waals surface area contributed by atoms with E-state index >= 15 is 0 Å². The maximum Gasteiger partial charge on any atom is 0.417 e. The molecule has 7 nitrogen and oxygen atoms in total. The van der Waals surface area contributed by atoms with Crippen molar-refractivity contribution in [3.8, 4) is 6.07 Å². The van der Waals surface area contributed by atoms with E-state index < -0.39 is 40.5 Å². The first-order chi connectivity index (χ1) is 17.2. The summed E-state index contributed by atoms with van der Waals surface area (Å²) < 4.78 is 55.4. The van der Waals surface area contributed by atoms with Gasteiger partial charge >= 0.3 is 6.18 Å². The van der Waals surface area contributed by atoms with Crippen molar-refractivity contribution >= 4 is 46.2 Å². The maximum absolute atomic E-state index is 14.9. The van der Waals surface area contributed by atoms with Crippen LogP contribution < -0.4 is 15.1 Å². The van der Waals surface area contributed by atoms with Gasteiger partial charge in [0.05, 0.1) is 28.6 Å². The van der Waals surface area contributed by atoms with E-state index in [9.17, 15) is 27.2 Å². The Kier molecular flexibility index (Phi) is 7.71. The van der Waals surface area contributed by atoms with Crippen LogP contribution in [0, 0.1) is 17.1 Å². The summed E-state index contributed by atoms with van der Waals surface area (Å²) in [5.74, 6) is -1.97. The van der Waals surface area contributed by atoms with Crippen molar-refractivity contribution in [1.82, 2.24) is 4.90 Å². The molecule has 1 aliphatic heterocycles. The van der Waals surface area contributed by atoms with Crippen LogP contribution in [-0.4, -0.2) is 48.0 Å². The summed E-state index contributed by atoms with van der Waals surface area (Å²) in [6, 6.07) is 8.15. The number of rotatable bonds is 6. The van der Waals surface area contributed by atoms with Gasteiger partial charge in [-0.25, -0.2) is 4.39 Å². The van der Waals surface area contributed by atoms with Crippen LogP contribution in [-0.2, 0) is 15.8 Å². The molecular weight excluding hydrogens is 510 g/mol. The molecule has 37 heavy (non-hydrogen) atoms. The van der Waals surface area contributed by atoms with Crippen LogP contribution in [0.4, 0.5) is 34.6 Å². The lowest BCUT2D eigenvalue weighted by molar-refractivity contribution is -0.137. The predicted octanol–water partition coefficient (Wildman–Crippen LogP) is 4.69. The molecule has 194 valence electrons. The molecule has 0 bridgehead atoms. The number of likely N-dealkylation sites (N-methyl/N-ethyl adjacent to an activating group) is 1. The number of hydrogen-bond acceptors (Lipinski definition) is 5. The number of nitriles is 1. The highest BCUT2D eigenvalue weighted by Gasteiger charge is 2.50. The fourth-order valence-corrected chi connectivity index (χ4v) is 4.27. The topological polar surface area (TPSA) is 79.7 Å². The molecule has 0 unspecified atom stereocenters. The fraction of sp³-hybridized carbons (Fsp3) is 0.280. The van der Waals surface area contributed by atoms with Crippen molar-refractivity contribution in [1.29, 1.82) is 5.26 Å². The molecule has 2 aromatic carbocycles. The smallest absolute Gasteiger partial charge is 0.320 e. The second-order valence-electron chi connectivity index (χ2n) is 8.98. The third-order valence-electron chi connectivity index (χ3n) is 5.56. The zero-order valence-corrected chi connectivity index (χ0v) is 21.2. The van der Waals surface area contributed by atoms with Gasteiger partial charge in [-0.1, -0.05) is 6.08 Å². The third-order valence-corrected chi connectivity index (χ3v) is 5.93. The van der Waals surface area contributed by atoms with Gasteiger partial charge in [0.15, 0.2) is 5.11 Å². The van der Waals surface area contributed by atoms with E-state index in [1.807, 2.05) is 19.0 Å². The number of halogens is 4. The quantitative estimate of drug-likeness (QED) is 0.330. The molecule has 0 spiro atoms. The number of anilines is 3. The molecule has 12 heteroatoms. The van der Waals surface area contributed by atoms with E-state index in [0.29, 0.717) is 12.6 Å². The van der Waals surface area contributed by atoms with Crippen LogP contribution in [0.25, 0.3) is 0 Å². The molecule has 0 aromatic heterocycles. The number of thiocarbonyl (C=S) groups is 1. The molecule has 0 atom stereocenters. The summed E-state index contributed by atoms with van der Waals surface area (Å²) in [5.41, 5.74) is -3.29. The second kappa shape index (κ2) is 10.3. The lowest BCUT2D eigenvalue weighted by Gasteiger charge is -2.29. The van der Waals surface area contributed by atoms with Gasteiger partial charge in [-0.05, 0) is 76.6 Å². The van der Waals surface area contributed by atoms with E-state index in [1.165, 1.54) is 49.1 Å². The Labute approximate surface area is 216 Å². The van der Waals surface area contributed by atoms with Crippen molar-refractivity contribution in [3.63, 3.8) is 0 Å². The Bertz CT molecular complexity index is 1330. The standard InChI is InChI=1S/C25H23F4N5O2S/c1-24(2)22(36)33(16-8-7-15(14-30)18(12-16)25(27,28)29)23(37)34(24)17-9-10-20(19(26)13-17)31-21(35)6-5-11-32(3)4/h5-10,12-13H,11H2,1-4H3,(H,31,35)/b6-5+. The normalized spacial score (nSPS) is 15.6. The molecule has 0 aliphatic carbocycles. The van der Waals surface area contributed by atoms with Crippen molar-refractivity contribution in [2.45, 2.75) is 25.6 Å². The van der Waals surface area contributed by atoms with Gasteiger partial charge < -0.3 is 15.1 Å². The lowest BCUT2D eigenvalue weighted by Crippen LogP contribution is -2.44. The summed E-state index contributed by atoms with van der Waals surface area (Å²) in [7, 11) is 3.65. The highest BCUT2D eigenvalue weighted by atomic mass is 32.1. The highest BCUT2D eigenvalue weighted by molar-refractivity contribution is 7.81. The van der Waals surface area contributed by atoms with Gasteiger partial charge in [-0.3, -0.25) is 14.5 Å². The molecule has 1 N–H and O–H groups in total. The van der Waals surface area contributed by atoms with Crippen LogP contribution in [0.15, 0.2) is 48.6 Å².